The summed E-state index contributed by atoms with van der Waals surface area (Å²) in [4.78, 5) is 29.8. The molecule has 26 heavy (non-hydrogen) atoms. The second kappa shape index (κ2) is 6.13. The van der Waals surface area contributed by atoms with Gasteiger partial charge in [-0.2, -0.15) is 0 Å². The number of ether oxygens (including phenoxy) is 1. The lowest BCUT2D eigenvalue weighted by Gasteiger charge is -2.57. The highest BCUT2D eigenvalue weighted by molar-refractivity contribution is 5.84. The lowest BCUT2D eigenvalue weighted by molar-refractivity contribution is -0.162. The number of carbonyl (C=O) groups is 2. The van der Waals surface area contributed by atoms with Gasteiger partial charge in [0.2, 0.25) is 5.91 Å². The summed E-state index contributed by atoms with van der Waals surface area (Å²) in [6.45, 7) is 9.55. The maximum absolute atomic E-state index is 13.6. The van der Waals surface area contributed by atoms with Crippen molar-refractivity contribution in [2.75, 3.05) is 19.6 Å². The predicted molar refractivity (Wildman–Crippen MR) is 99.6 cm³/mol. The number of amides is 2. The summed E-state index contributed by atoms with van der Waals surface area (Å²) in [7, 11) is 0. The van der Waals surface area contributed by atoms with Gasteiger partial charge in [0.1, 0.15) is 5.60 Å². The van der Waals surface area contributed by atoms with Crippen molar-refractivity contribution in [3.05, 3.63) is 0 Å². The summed E-state index contributed by atoms with van der Waals surface area (Å²) >= 11 is 0. The minimum Gasteiger partial charge on any atom is -0.444 e. The quantitative estimate of drug-likeness (QED) is 0.715. The number of hydrogen-bond donors (Lipinski definition) is 0. The second-order valence-electron chi connectivity index (χ2n) is 10.5. The SMILES string of the molecule is C[C@H]1CN(C(=O)OC(C)(C)C)CCN1C(=O)C12CC3CC(CC(C3)C1)C2. The van der Waals surface area contributed by atoms with Gasteiger partial charge < -0.3 is 14.5 Å². The lowest BCUT2D eigenvalue weighted by atomic mass is 9.49. The smallest absolute Gasteiger partial charge is 0.410 e. The van der Waals surface area contributed by atoms with Crippen LogP contribution in [0.2, 0.25) is 0 Å². The molecule has 5 aliphatic rings. The van der Waals surface area contributed by atoms with Gasteiger partial charge in [0, 0.05) is 25.7 Å². The molecule has 4 bridgehead atoms. The van der Waals surface area contributed by atoms with Gasteiger partial charge in [-0.15, -0.1) is 0 Å². The van der Waals surface area contributed by atoms with E-state index in [0.717, 1.165) is 37.0 Å². The van der Waals surface area contributed by atoms with Crippen LogP contribution in [0.15, 0.2) is 0 Å². The molecule has 0 aromatic carbocycles. The van der Waals surface area contributed by atoms with Gasteiger partial charge >= 0.3 is 6.09 Å². The van der Waals surface area contributed by atoms with E-state index in [0.29, 0.717) is 25.5 Å². The Bertz CT molecular complexity index is 559. The van der Waals surface area contributed by atoms with Gasteiger partial charge in [0.25, 0.3) is 0 Å². The van der Waals surface area contributed by atoms with E-state index in [9.17, 15) is 9.59 Å². The van der Waals surface area contributed by atoms with Crippen LogP contribution in [-0.2, 0) is 9.53 Å². The van der Waals surface area contributed by atoms with Gasteiger partial charge in [0.15, 0.2) is 0 Å². The Labute approximate surface area is 157 Å². The number of piperazine rings is 1. The van der Waals surface area contributed by atoms with Crippen molar-refractivity contribution in [2.24, 2.45) is 23.2 Å². The fraction of sp³-hybridized carbons (Fsp3) is 0.905. The Morgan fingerprint density at radius 3 is 1.96 bits per heavy atom. The zero-order valence-corrected chi connectivity index (χ0v) is 16.8. The van der Waals surface area contributed by atoms with Gasteiger partial charge in [-0.25, -0.2) is 4.79 Å². The number of hydrogen-bond acceptors (Lipinski definition) is 3. The molecule has 1 atom stereocenters. The van der Waals surface area contributed by atoms with E-state index in [1.807, 2.05) is 20.8 Å². The molecule has 0 N–H and O–H groups in total. The van der Waals surface area contributed by atoms with Gasteiger partial charge in [0.05, 0.1) is 5.41 Å². The largest absolute Gasteiger partial charge is 0.444 e. The van der Waals surface area contributed by atoms with Crippen molar-refractivity contribution in [3.8, 4) is 0 Å². The molecule has 0 aromatic heterocycles. The zero-order valence-electron chi connectivity index (χ0n) is 16.8. The molecule has 5 nitrogen and oxygen atoms in total. The summed E-state index contributed by atoms with van der Waals surface area (Å²) in [5.41, 5.74) is -0.566. The molecule has 0 radical (unpaired) electrons. The Hall–Kier alpha value is -1.26. The molecular weight excluding hydrogens is 328 g/mol. The van der Waals surface area contributed by atoms with Crippen molar-refractivity contribution in [2.45, 2.75) is 77.9 Å². The first kappa shape index (κ1) is 18.1. The number of carbonyl (C=O) groups excluding carboxylic acids is 2. The first-order chi connectivity index (χ1) is 12.2. The first-order valence-corrected chi connectivity index (χ1v) is 10.4. The van der Waals surface area contributed by atoms with Crippen LogP contribution in [0.4, 0.5) is 4.79 Å². The van der Waals surface area contributed by atoms with E-state index in [2.05, 4.69) is 11.8 Å². The van der Waals surface area contributed by atoms with Crippen molar-refractivity contribution < 1.29 is 14.3 Å². The average Bonchev–Trinajstić information content (AvgIpc) is 2.51. The zero-order chi connectivity index (χ0) is 18.7. The van der Waals surface area contributed by atoms with Crippen molar-refractivity contribution >= 4 is 12.0 Å². The normalized spacial score (nSPS) is 39.2. The Morgan fingerprint density at radius 1 is 0.962 bits per heavy atom. The topological polar surface area (TPSA) is 49.9 Å². The van der Waals surface area contributed by atoms with Crippen LogP contribution in [-0.4, -0.2) is 53.1 Å². The van der Waals surface area contributed by atoms with Crippen LogP contribution < -0.4 is 0 Å². The third kappa shape index (κ3) is 3.22. The van der Waals surface area contributed by atoms with E-state index in [1.54, 1.807) is 4.90 Å². The van der Waals surface area contributed by atoms with Crippen LogP contribution >= 0.6 is 0 Å². The highest BCUT2D eigenvalue weighted by atomic mass is 16.6. The standard InChI is InChI=1S/C21H34N2O3/c1-14-13-22(19(25)26-20(2,3)4)5-6-23(14)18(24)21-10-15-7-16(11-21)9-17(8-15)12-21/h14-17H,5-13H2,1-4H3/t14-,15?,16?,17?,21?/m0/s1. The molecule has 2 amide bonds. The van der Waals surface area contributed by atoms with Crippen LogP contribution in [0, 0.1) is 23.2 Å². The van der Waals surface area contributed by atoms with Crippen LogP contribution in [0.5, 0.6) is 0 Å². The molecule has 0 spiro atoms. The van der Waals surface area contributed by atoms with E-state index >= 15 is 0 Å². The molecule has 1 saturated heterocycles. The molecule has 4 saturated carbocycles. The molecule has 0 aromatic rings. The molecule has 5 fully saturated rings. The maximum Gasteiger partial charge on any atom is 0.410 e. The third-order valence-corrected chi connectivity index (χ3v) is 7.03. The van der Waals surface area contributed by atoms with E-state index in [4.69, 9.17) is 4.74 Å². The summed E-state index contributed by atoms with van der Waals surface area (Å²) in [6, 6.07) is 0.0665. The molecule has 0 unspecified atom stereocenters. The molecule has 1 aliphatic heterocycles. The molecule has 4 aliphatic carbocycles. The molecule has 146 valence electrons. The summed E-state index contributed by atoms with van der Waals surface area (Å²) in [5, 5.41) is 0. The van der Waals surface area contributed by atoms with Crippen LogP contribution in [0.25, 0.3) is 0 Å². The summed E-state index contributed by atoms with van der Waals surface area (Å²) in [5.74, 6) is 2.73. The van der Waals surface area contributed by atoms with E-state index in [1.165, 1.54) is 19.3 Å². The van der Waals surface area contributed by atoms with Crippen molar-refractivity contribution in [3.63, 3.8) is 0 Å². The highest BCUT2D eigenvalue weighted by Gasteiger charge is 2.56. The fourth-order valence-electron chi connectivity index (χ4n) is 6.43. The summed E-state index contributed by atoms with van der Waals surface area (Å²) < 4.78 is 5.51. The van der Waals surface area contributed by atoms with Crippen molar-refractivity contribution in [1.82, 2.24) is 9.80 Å². The van der Waals surface area contributed by atoms with Crippen LogP contribution in [0.1, 0.15) is 66.2 Å². The molecular formula is C21H34N2O3. The Morgan fingerprint density at radius 2 is 1.50 bits per heavy atom. The molecule has 1 heterocycles. The Balaban J connectivity index is 1.42. The number of rotatable bonds is 1. The minimum atomic E-state index is -0.480. The Kier molecular flexibility index (Phi) is 4.27. The fourth-order valence-corrected chi connectivity index (χ4v) is 6.43. The molecule has 5 rings (SSSR count). The molecule has 5 heteroatoms. The predicted octanol–water partition coefficient (Wildman–Crippen LogP) is 3.67. The highest BCUT2D eigenvalue weighted by Crippen LogP contribution is 2.60. The van der Waals surface area contributed by atoms with Crippen molar-refractivity contribution in [1.29, 1.82) is 0 Å². The van der Waals surface area contributed by atoms with Crippen LogP contribution in [0.3, 0.4) is 0 Å². The number of nitrogens with zero attached hydrogens (tertiary/aromatic N) is 2. The third-order valence-electron chi connectivity index (χ3n) is 7.03. The van der Waals surface area contributed by atoms with E-state index < -0.39 is 5.60 Å². The van der Waals surface area contributed by atoms with Gasteiger partial charge in [-0.1, -0.05) is 0 Å². The summed E-state index contributed by atoms with van der Waals surface area (Å²) in [6.07, 6.45) is 7.13. The average molecular weight is 363 g/mol. The monoisotopic (exact) mass is 362 g/mol. The maximum atomic E-state index is 13.6. The van der Waals surface area contributed by atoms with Gasteiger partial charge in [-0.3, -0.25) is 4.79 Å². The van der Waals surface area contributed by atoms with E-state index in [-0.39, 0.29) is 17.6 Å². The second-order valence-corrected chi connectivity index (χ2v) is 10.5. The first-order valence-electron chi connectivity index (χ1n) is 10.4. The van der Waals surface area contributed by atoms with Gasteiger partial charge in [-0.05, 0) is 84.0 Å². The minimum absolute atomic E-state index is 0.0665. The lowest BCUT2D eigenvalue weighted by Crippen LogP contribution is -2.61.